The van der Waals surface area contributed by atoms with Crippen LogP contribution >= 0.6 is 11.8 Å². The number of nitrogens with zero attached hydrogens (tertiary/aromatic N) is 2. The lowest BCUT2D eigenvalue weighted by Crippen LogP contribution is -2.34. The maximum Gasteiger partial charge on any atom is 0.440 e. The predicted molar refractivity (Wildman–Crippen MR) is 98.5 cm³/mol. The summed E-state index contributed by atoms with van der Waals surface area (Å²) in [7, 11) is 1.46. The summed E-state index contributed by atoms with van der Waals surface area (Å²) >= 11 is 1.52. The van der Waals surface area contributed by atoms with Gasteiger partial charge in [0.25, 0.3) is 0 Å². The molecule has 0 saturated carbocycles. The molecule has 0 unspecified atom stereocenters. The van der Waals surface area contributed by atoms with Gasteiger partial charge in [-0.25, -0.2) is 15.1 Å². The first-order valence-electron chi connectivity index (χ1n) is 7.47. The Morgan fingerprint density at radius 1 is 1.04 bits per heavy atom. The molecule has 0 aliphatic heterocycles. The number of oxazole rings is 2. The average molecular weight is 374 g/mol. The summed E-state index contributed by atoms with van der Waals surface area (Å²) in [5, 5.41) is 0. The molecule has 9 nitrogen and oxygen atoms in total. The van der Waals surface area contributed by atoms with E-state index in [1.54, 1.807) is 18.2 Å². The van der Waals surface area contributed by atoms with Crippen molar-refractivity contribution in [3.63, 3.8) is 0 Å². The minimum Gasteiger partial charge on any atom is -0.495 e. The second kappa shape index (κ2) is 5.92. The topological polar surface area (TPSA) is 118 Å². The lowest BCUT2D eigenvalue weighted by Gasteiger charge is -2.08. The van der Waals surface area contributed by atoms with Crippen molar-refractivity contribution in [2.75, 3.05) is 24.6 Å². The Balaban J connectivity index is 1.91. The molecule has 26 heavy (non-hydrogen) atoms. The van der Waals surface area contributed by atoms with E-state index < -0.39 is 11.5 Å². The second-order valence-electron chi connectivity index (χ2n) is 5.40. The Morgan fingerprint density at radius 2 is 1.69 bits per heavy atom. The quantitative estimate of drug-likeness (QED) is 0.410. The van der Waals surface area contributed by atoms with Crippen molar-refractivity contribution in [1.29, 1.82) is 0 Å². The Kier molecular flexibility index (Phi) is 3.69. The van der Waals surface area contributed by atoms with Gasteiger partial charge in [-0.2, -0.15) is 9.35 Å². The fraction of sp³-hybridized carbons (Fsp3) is 0.125. The monoisotopic (exact) mass is 374 g/mol. The zero-order valence-electron chi connectivity index (χ0n) is 13.8. The van der Waals surface area contributed by atoms with Gasteiger partial charge < -0.3 is 19.3 Å². The lowest BCUT2D eigenvalue weighted by molar-refractivity contribution is 0.417. The van der Waals surface area contributed by atoms with E-state index in [0.717, 1.165) is 14.2 Å². The number of nitrogens with two attached hydrogens (primary N) is 1. The molecule has 0 aliphatic carbocycles. The van der Waals surface area contributed by atoms with Crippen LogP contribution in [-0.4, -0.2) is 22.7 Å². The number of fused-ring (bicyclic) bond motifs is 2. The summed E-state index contributed by atoms with van der Waals surface area (Å²) in [6.07, 6.45) is 1.92. The van der Waals surface area contributed by atoms with Crippen LogP contribution in [0.2, 0.25) is 0 Å². The number of ether oxygens (including phenoxy) is 1. The number of thioether (sulfide) groups is 1. The zero-order chi connectivity index (χ0) is 18.4. The lowest BCUT2D eigenvalue weighted by atomic mass is 10.2. The third-order valence-electron chi connectivity index (χ3n) is 3.92. The van der Waals surface area contributed by atoms with E-state index in [-0.39, 0.29) is 5.58 Å². The third-order valence-corrected chi connectivity index (χ3v) is 4.64. The van der Waals surface area contributed by atoms with E-state index in [1.807, 2.05) is 12.3 Å². The molecule has 0 atom stereocenters. The summed E-state index contributed by atoms with van der Waals surface area (Å²) in [4.78, 5) is 25.4. The van der Waals surface area contributed by atoms with Crippen LogP contribution in [0.1, 0.15) is 0 Å². The van der Waals surface area contributed by atoms with Crippen LogP contribution in [0.4, 0.5) is 5.69 Å². The summed E-state index contributed by atoms with van der Waals surface area (Å²) in [5.41, 5.74) is 10.4. The molecular formula is C16H14N4O5S. The highest BCUT2D eigenvalue weighted by molar-refractivity contribution is 7.98. The van der Waals surface area contributed by atoms with Crippen molar-refractivity contribution in [2.24, 2.45) is 0 Å². The van der Waals surface area contributed by atoms with E-state index in [4.69, 9.17) is 19.3 Å². The number of anilines is 1. The van der Waals surface area contributed by atoms with Crippen molar-refractivity contribution in [3.8, 4) is 5.75 Å². The maximum absolute atomic E-state index is 12.2. The average Bonchev–Trinajstić information content (AvgIpc) is 3.10. The van der Waals surface area contributed by atoms with Crippen molar-refractivity contribution in [3.05, 3.63) is 51.4 Å². The molecule has 2 aromatic carbocycles. The first-order chi connectivity index (χ1) is 12.5. The van der Waals surface area contributed by atoms with Crippen molar-refractivity contribution < 1.29 is 13.6 Å². The highest BCUT2D eigenvalue weighted by Gasteiger charge is 2.16. The van der Waals surface area contributed by atoms with Crippen molar-refractivity contribution >= 4 is 39.6 Å². The minimum absolute atomic E-state index is 0.256. The molecule has 10 heteroatoms. The molecule has 0 bridgehead atoms. The fourth-order valence-corrected chi connectivity index (χ4v) is 3.08. The molecule has 0 amide bonds. The first kappa shape index (κ1) is 16.2. The van der Waals surface area contributed by atoms with Gasteiger partial charge in [0.05, 0.1) is 12.8 Å². The molecule has 0 aliphatic rings. The molecule has 4 aromatic rings. The van der Waals surface area contributed by atoms with E-state index in [0.29, 0.717) is 28.1 Å². The smallest absolute Gasteiger partial charge is 0.440 e. The van der Waals surface area contributed by atoms with Crippen LogP contribution in [0.5, 0.6) is 5.75 Å². The molecule has 134 valence electrons. The van der Waals surface area contributed by atoms with Crippen LogP contribution < -0.4 is 27.5 Å². The third kappa shape index (κ3) is 2.42. The summed E-state index contributed by atoms with van der Waals surface area (Å²) in [6.45, 7) is 0. The van der Waals surface area contributed by atoms with E-state index >= 15 is 0 Å². The fourth-order valence-electron chi connectivity index (χ4n) is 2.65. The van der Waals surface area contributed by atoms with Gasteiger partial charge in [-0.15, -0.1) is 11.8 Å². The molecule has 4 rings (SSSR count). The van der Waals surface area contributed by atoms with Gasteiger partial charge in [0.1, 0.15) is 16.8 Å². The molecule has 2 aromatic heterocycles. The summed E-state index contributed by atoms with van der Waals surface area (Å²) in [6, 6.07) is 8.34. The van der Waals surface area contributed by atoms with Crippen LogP contribution in [0, 0.1) is 0 Å². The largest absolute Gasteiger partial charge is 0.495 e. The highest BCUT2D eigenvalue weighted by atomic mass is 32.2. The number of rotatable bonds is 4. The van der Waals surface area contributed by atoms with Gasteiger partial charge in [-0.3, -0.25) is 0 Å². The van der Waals surface area contributed by atoms with E-state index in [9.17, 15) is 9.59 Å². The number of hydrogen-bond donors (Lipinski definition) is 2. The summed E-state index contributed by atoms with van der Waals surface area (Å²) in [5.74, 6) is -1.00. The number of hydrogen-bond acceptors (Lipinski definition) is 8. The van der Waals surface area contributed by atoms with Gasteiger partial charge in [-0.05, 0) is 24.5 Å². The molecule has 3 N–H and O–H groups in total. The van der Waals surface area contributed by atoms with Gasteiger partial charge in [0, 0.05) is 17.0 Å². The number of nitrogens with one attached hydrogen (secondary N) is 1. The standard InChI is InChI=1S/C16H14N4O5S/c1-23-13-7-11-14(6-9(13)17)25-16(22)20(11)18-19-10-5-8(26-2)3-4-12(10)24-15(19)21/h3-7,18H,17H2,1-2H3. The Bertz CT molecular complexity index is 1250. The molecule has 0 fully saturated rings. The number of methoxy groups -OCH3 is 1. The van der Waals surface area contributed by atoms with Gasteiger partial charge >= 0.3 is 11.5 Å². The van der Waals surface area contributed by atoms with E-state index in [1.165, 1.54) is 24.9 Å². The molecule has 2 heterocycles. The normalized spacial score (nSPS) is 11.3. The number of aromatic nitrogens is 2. The van der Waals surface area contributed by atoms with Crippen LogP contribution in [0.3, 0.4) is 0 Å². The number of benzene rings is 2. The first-order valence-corrected chi connectivity index (χ1v) is 8.70. The van der Waals surface area contributed by atoms with Crippen LogP contribution in [0.15, 0.2) is 53.7 Å². The van der Waals surface area contributed by atoms with E-state index in [2.05, 4.69) is 5.53 Å². The Labute approximate surface area is 149 Å². The molecule has 0 spiro atoms. The van der Waals surface area contributed by atoms with Gasteiger partial charge in [0.2, 0.25) is 0 Å². The second-order valence-corrected chi connectivity index (χ2v) is 6.28. The van der Waals surface area contributed by atoms with Gasteiger partial charge in [-0.1, -0.05) is 0 Å². The molecular weight excluding hydrogens is 360 g/mol. The summed E-state index contributed by atoms with van der Waals surface area (Å²) < 4.78 is 17.8. The highest BCUT2D eigenvalue weighted by Crippen LogP contribution is 2.27. The molecule has 0 saturated heterocycles. The van der Waals surface area contributed by atoms with Gasteiger partial charge in [0.15, 0.2) is 11.2 Å². The minimum atomic E-state index is -0.713. The van der Waals surface area contributed by atoms with Crippen LogP contribution in [-0.2, 0) is 0 Å². The Hall–Kier alpha value is -3.27. The Morgan fingerprint density at radius 3 is 2.35 bits per heavy atom. The van der Waals surface area contributed by atoms with Crippen LogP contribution in [0.25, 0.3) is 22.2 Å². The van der Waals surface area contributed by atoms with Crippen molar-refractivity contribution in [2.45, 2.75) is 4.90 Å². The zero-order valence-corrected chi connectivity index (χ0v) is 14.6. The number of nitrogen functional groups attached to an aromatic ring is 1. The SMILES string of the molecule is COc1cc2c(cc1N)oc(=O)n2Nn1c(=O)oc2ccc(SC)cc21. The molecule has 0 radical (unpaired) electrons. The maximum atomic E-state index is 12.2. The van der Waals surface area contributed by atoms with Crippen molar-refractivity contribution in [1.82, 2.24) is 9.35 Å². The predicted octanol–water partition coefficient (Wildman–Crippen LogP) is 1.82.